The number of rotatable bonds is 9. The molecule has 4 heterocycles. The number of nitrogens with two attached hydrogens (primary N) is 2. The van der Waals surface area contributed by atoms with Crippen molar-refractivity contribution in [3.63, 3.8) is 0 Å². The number of nitrogens with one attached hydrogen (secondary N) is 6. The van der Waals surface area contributed by atoms with E-state index < -0.39 is 17.8 Å². The minimum Gasteiger partial charge on any atom is -0.370 e. The molecule has 3 atom stereocenters. The number of ether oxygens (including phenoxy) is 1. The predicted molar refractivity (Wildman–Crippen MR) is 164 cm³/mol. The number of aromatic nitrogens is 4. The molecule has 0 bridgehead atoms. The molecule has 212 valence electrons. The summed E-state index contributed by atoms with van der Waals surface area (Å²) in [5.41, 5.74) is 13.7. The summed E-state index contributed by atoms with van der Waals surface area (Å²) in [4.78, 5) is 43.6. The third kappa shape index (κ3) is 5.36. The molecule has 1 aliphatic heterocycles. The van der Waals surface area contributed by atoms with Gasteiger partial charge in [-0.2, -0.15) is 0 Å². The third-order valence-corrected chi connectivity index (χ3v) is 10.2. The van der Waals surface area contributed by atoms with Gasteiger partial charge in [0.15, 0.2) is 17.6 Å². The Balaban J connectivity index is 1.34. The van der Waals surface area contributed by atoms with Gasteiger partial charge in [0.2, 0.25) is 0 Å². The summed E-state index contributed by atoms with van der Waals surface area (Å²) in [5.74, 6) is -0.159. The van der Waals surface area contributed by atoms with Crippen LogP contribution in [0.15, 0.2) is 41.4 Å². The lowest BCUT2D eigenvalue weighted by Crippen LogP contribution is -2.56. The van der Waals surface area contributed by atoms with Crippen molar-refractivity contribution < 1.29 is 14.3 Å². The molecule has 13 nitrogen and oxygen atoms in total. The van der Waals surface area contributed by atoms with Gasteiger partial charge in [-0.25, -0.2) is 9.98 Å². The number of methoxy groups -OCH3 is 1. The van der Waals surface area contributed by atoms with Crippen molar-refractivity contribution in [1.29, 1.82) is 0 Å². The monoisotopic (exact) mass is 804 g/mol. The molecule has 2 amide bonds. The van der Waals surface area contributed by atoms with Crippen LogP contribution < -0.4 is 27.4 Å². The Labute approximate surface area is 261 Å². The second kappa shape index (κ2) is 11.3. The van der Waals surface area contributed by atoms with Crippen molar-refractivity contribution in [1.82, 2.24) is 35.9 Å². The average molecular weight is 808 g/mol. The summed E-state index contributed by atoms with van der Waals surface area (Å²) in [5, 5.41) is 9.02. The second-order valence-corrected chi connectivity index (χ2v) is 12.4. The van der Waals surface area contributed by atoms with Crippen LogP contribution in [0.25, 0.3) is 5.57 Å². The highest BCUT2D eigenvalue weighted by Gasteiger charge is 2.56. The lowest BCUT2D eigenvalue weighted by molar-refractivity contribution is 0.0182. The Kier molecular flexibility index (Phi) is 8.20. The number of hydrogen-bond acceptors (Lipinski definition) is 8. The summed E-state index contributed by atoms with van der Waals surface area (Å²) in [7, 11) is 1.54. The van der Waals surface area contributed by atoms with Crippen LogP contribution in [0.2, 0.25) is 0 Å². The van der Waals surface area contributed by atoms with Gasteiger partial charge >= 0.3 is 0 Å². The number of hydrogen-bond donors (Lipinski definition) is 8. The van der Waals surface area contributed by atoms with E-state index in [-0.39, 0.29) is 23.7 Å². The Morgan fingerprint density at radius 2 is 1.70 bits per heavy atom. The van der Waals surface area contributed by atoms with Gasteiger partial charge in [-0.3, -0.25) is 9.59 Å². The molecule has 0 saturated carbocycles. The van der Waals surface area contributed by atoms with E-state index in [0.717, 1.165) is 14.6 Å². The third-order valence-electron chi connectivity index (χ3n) is 6.60. The highest BCUT2D eigenvalue weighted by Crippen LogP contribution is 2.43. The number of guanidine groups is 1. The number of nitrogens with zero attached hydrogens (tertiary/aromatic N) is 2. The van der Waals surface area contributed by atoms with Crippen LogP contribution in [0, 0.1) is 0 Å². The molecule has 0 fully saturated rings. The Morgan fingerprint density at radius 1 is 1.05 bits per heavy atom. The van der Waals surface area contributed by atoms with Crippen molar-refractivity contribution in [2.24, 2.45) is 10.7 Å². The fourth-order valence-electron chi connectivity index (χ4n) is 4.83. The van der Waals surface area contributed by atoms with E-state index in [1.807, 2.05) is 6.08 Å². The molecule has 0 aromatic carbocycles. The number of nitrogen functional groups attached to an aromatic ring is 1. The standard InChI is InChI=1S/C23H24Br4N10O3/c1-40-23-8(5-12(16(23)36-22(29)37-23)33-20(39)14-7-10(25)18(27)32-14)15-11(34-21(28)35-15)3-2-4-30-19(38)13-6-9(24)17(26)31-13/h5-7,12,16,31-32H,2-4H2,1H3,(H,30,38)(H,33,39)(H3,28,34,35)(H3,29,36,37)/t12-,16+,23+/m1/s1. The second-order valence-electron chi connectivity index (χ2n) is 9.10. The number of aromatic amines is 3. The van der Waals surface area contributed by atoms with Crippen molar-refractivity contribution >= 4 is 93.0 Å². The van der Waals surface area contributed by atoms with E-state index in [1.165, 1.54) is 7.11 Å². The van der Waals surface area contributed by atoms with Crippen LogP contribution in [0.4, 0.5) is 5.95 Å². The molecule has 1 aliphatic carbocycles. The molecule has 0 spiro atoms. The molecular weight excluding hydrogens is 784 g/mol. The molecule has 3 aromatic heterocycles. The Morgan fingerprint density at radius 3 is 2.30 bits per heavy atom. The summed E-state index contributed by atoms with van der Waals surface area (Å²) < 4.78 is 8.80. The molecule has 40 heavy (non-hydrogen) atoms. The lowest BCUT2D eigenvalue weighted by Gasteiger charge is -2.32. The number of halogens is 4. The van der Waals surface area contributed by atoms with Crippen LogP contribution in [0.5, 0.6) is 0 Å². The van der Waals surface area contributed by atoms with Gasteiger partial charge in [0, 0.05) is 24.9 Å². The first-order valence-electron chi connectivity index (χ1n) is 11.9. The molecule has 0 unspecified atom stereocenters. The first-order chi connectivity index (χ1) is 19.0. The number of H-pyrrole nitrogens is 3. The topological polar surface area (TPSA) is 204 Å². The van der Waals surface area contributed by atoms with Gasteiger partial charge in [0.1, 0.15) is 17.4 Å². The maximum atomic E-state index is 13.1. The number of fused-ring (bicyclic) bond motifs is 1. The van der Waals surface area contributed by atoms with Crippen LogP contribution >= 0.6 is 63.7 Å². The van der Waals surface area contributed by atoms with Crippen molar-refractivity contribution in [2.75, 3.05) is 19.4 Å². The quantitative estimate of drug-likeness (QED) is 0.152. The Hall–Kier alpha value is -2.60. The maximum Gasteiger partial charge on any atom is 0.268 e. The number of carbonyl (C=O) groups excluding carboxylic acids is 2. The highest BCUT2D eigenvalue weighted by molar-refractivity contribution is 9.13. The van der Waals surface area contributed by atoms with E-state index in [4.69, 9.17) is 16.2 Å². The highest BCUT2D eigenvalue weighted by atomic mass is 79.9. The van der Waals surface area contributed by atoms with Gasteiger partial charge in [-0.15, -0.1) is 0 Å². The predicted octanol–water partition coefficient (Wildman–Crippen LogP) is 2.89. The molecular formula is C23H24Br4N10O3. The summed E-state index contributed by atoms with van der Waals surface area (Å²) in [6, 6.07) is 2.21. The fraction of sp³-hybridized carbons (Fsp3) is 0.304. The number of aryl methyl sites for hydroxylation is 1. The Bertz CT molecular complexity index is 1500. The first-order valence-corrected chi connectivity index (χ1v) is 15.1. The molecule has 0 saturated heterocycles. The minimum absolute atomic E-state index is 0.178. The lowest BCUT2D eigenvalue weighted by atomic mass is 9.97. The van der Waals surface area contributed by atoms with E-state index in [0.29, 0.717) is 51.2 Å². The molecule has 17 heteroatoms. The van der Waals surface area contributed by atoms with Gasteiger partial charge in [-0.1, -0.05) is 0 Å². The smallest absolute Gasteiger partial charge is 0.268 e. The van der Waals surface area contributed by atoms with Crippen LogP contribution in [-0.2, 0) is 11.2 Å². The zero-order chi connectivity index (χ0) is 28.8. The molecule has 2 aliphatic rings. The number of amides is 2. The largest absolute Gasteiger partial charge is 0.370 e. The van der Waals surface area contributed by atoms with E-state index in [1.54, 1.807) is 12.1 Å². The maximum absolute atomic E-state index is 13.1. The van der Waals surface area contributed by atoms with E-state index >= 15 is 0 Å². The summed E-state index contributed by atoms with van der Waals surface area (Å²) in [6.45, 7) is 0.413. The fourth-order valence-corrected chi connectivity index (χ4v) is 6.14. The molecule has 10 N–H and O–H groups in total. The number of anilines is 1. The normalized spacial score (nSPS) is 21.5. The minimum atomic E-state index is -1.17. The first kappa shape index (κ1) is 28.9. The molecule has 0 radical (unpaired) electrons. The zero-order valence-electron chi connectivity index (χ0n) is 20.8. The summed E-state index contributed by atoms with van der Waals surface area (Å²) in [6.07, 6.45) is 2.98. The molecule has 3 aromatic rings. The number of carbonyl (C=O) groups is 2. The molecule has 5 rings (SSSR count). The van der Waals surface area contributed by atoms with Gasteiger partial charge < -0.3 is 47.1 Å². The van der Waals surface area contributed by atoms with Gasteiger partial charge in [0.25, 0.3) is 11.8 Å². The van der Waals surface area contributed by atoms with Crippen molar-refractivity contribution in [2.45, 2.75) is 30.7 Å². The van der Waals surface area contributed by atoms with Crippen LogP contribution in [-0.4, -0.2) is 69.2 Å². The van der Waals surface area contributed by atoms with Crippen LogP contribution in [0.3, 0.4) is 0 Å². The van der Waals surface area contributed by atoms with E-state index in [2.05, 4.69) is 105 Å². The zero-order valence-corrected chi connectivity index (χ0v) is 27.1. The average Bonchev–Trinajstić information content (AvgIpc) is 3.68. The number of aliphatic imine (C=N–C) groups is 1. The van der Waals surface area contributed by atoms with Crippen LogP contribution in [0.1, 0.15) is 38.8 Å². The van der Waals surface area contributed by atoms with Gasteiger partial charge in [0.05, 0.1) is 29.9 Å². The van der Waals surface area contributed by atoms with Crippen molar-refractivity contribution in [3.8, 4) is 0 Å². The van der Waals surface area contributed by atoms with Crippen molar-refractivity contribution in [3.05, 3.63) is 59.1 Å². The summed E-state index contributed by atoms with van der Waals surface area (Å²) >= 11 is 13.4. The van der Waals surface area contributed by atoms with E-state index in [9.17, 15) is 9.59 Å². The SMILES string of the molecule is CO[C@]12NC(N)=N[C@H]1[C@H](NC(=O)c1cc(Br)c(Br)[nH]1)C=C2c1nc(N)[nH]c1CCCNC(=O)c1cc(Br)c(Br)[nH]1. The van der Waals surface area contributed by atoms with Gasteiger partial charge in [-0.05, 0) is 94.8 Å². The number of imidazole rings is 1.